The van der Waals surface area contributed by atoms with Crippen molar-refractivity contribution in [3.63, 3.8) is 0 Å². The van der Waals surface area contributed by atoms with Gasteiger partial charge in [-0.1, -0.05) is 45.0 Å². The normalized spacial score (nSPS) is 15.8. The Morgan fingerprint density at radius 1 is 1.28 bits per heavy atom. The number of likely N-dealkylation sites (tertiary alicyclic amines) is 1. The molecular weight excluding hydrogens is 479 g/mol. The van der Waals surface area contributed by atoms with E-state index in [1.807, 2.05) is 11.0 Å². The Balaban J connectivity index is 0.00000420. The van der Waals surface area contributed by atoms with Crippen LogP contribution in [0.4, 0.5) is 0 Å². The Bertz CT molecular complexity index is 673. The highest BCUT2D eigenvalue weighted by atomic mass is 127. The van der Waals surface area contributed by atoms with Crippen LogP contribution >= 0.6 is 24.0 Å². The molecule has 1 aromatic carbocycles. The fourth-order valence-corrected chi connectivity index (χ4v) is 3.36. The zero-order valence-corrected chi connectivity index (χ0v) is 20.8. The monoisotopic (exact) mass is 516 g/mol. The molecule has 1 unspecified atom stereocenters. The summed E-state index contributed by atoms with van der Waals surface area (Å²) in [5, 5.41) is 6.68. The molecule has 6 nitrogen and oxygen atoms in total. The van der Waals surface area contributed by atoms with Crippen molar-refractivity contribution in [2.45, 2.75) is 59.7 Å². The van der Waals surface area contributed by atoms with Crippen LogP contribution in [0.15, 0.2) is 29.3 Å². The van der Waals surface area contributed by atoms with Crippen LogP contribution in [0, 0.1) is 5.41 Å². The molecule has 0 radical (unpaired) electrons. The number of hydrogen-bond donors (Lipinski definition) is 2. The maximum absolute atomic E-state index is 11.8. The van der Waals surface area contributed by atoms with Crippen molar-refractivity contribution in [3.05, 3.63) is 35.4 Å². The zero-order valence-electron chi connectivity index (χ0n) is 18.5. The van der Waals surface area contributed by atoms with Gasteiger partial charge < -0.3 is 20.3 Å². The molecule has 1 atom stereocenters. The second-order valence-electron chi connectivity index (χ2n) is 8.41. The lowest BCUT2D eigenvalue weighted by Crippen LogP contribution is -2.45. The molecule has 0 spiro atoms. The molecule has 0 bridgehead atoms. The van der Waals surface area contributed by atoms with Crippen LogP contribution in [-0.2, 0) is 22.6 Å². The molecule has 0 saturated carbocycles. The lowest BCUT2D eigenvalue weighted by atomic mass is 9.89. The smallest absolute Gasteiger partial charge is 0.222 e. The van der Waals surface area contributed by atoms with E-state index < -0.39 is 0 Å². The fourth-order valence-electron chi connectivity index (χ4n) is 3.36. The van der Waals surface area contributed by atoms with Crippen molar-refractivity contribution >= 4 is 35.8 Å². The number of nitrogens with zero attached hydrogens (tertiary/aromatic N) is 2. The van der Waals surface area contributed by atoms with Crippen LogP contribution in [-0.4, -0.2) is 49.6 Å². The molecule has 7 heteroatoms. The third kappa shape index (κ3) is 8.50. The Morgan fingerprint density at radius 2 is 2.00 bits per heavy atom. The summed E-state index contributed by atoms with van der Waals surface area (Å²) in [5.41, 5.74) is 2.36. The predicted molar refractivity (Wildman–Crippen MR) is 130 cm³/mol. The minimum atomic E-state index is 0. The average Bonchev–Trinajstić information content (AvgIpc) is 3.04. The van der Waals surface area contributed by atoms with Crippen LogP contribution in [0.3, 0.4) is 0 Å². The Hall–Kier alpha value is -1.35. The highest BCUT2D eigenvalue weighted by Gasteiger charge is 2.24. The summed E-state index contributed by atoms with van der Waals surface area (Å²) < 4.78 is 5.62. The lowest BCUT2D eigenvalue weighted by Gasteiger charge is -2.30. The highest BCUT2D eigenvalue weighted by Crippen LogP contribution is 2.21. The summed E-state index contributed by atoms with van der Waals surface area (Å²) in [7, 11) is 1.75. The molecule has 29 heavy (non-hydrogen) atoms. The van der Waals surface area contributed by atoms with Gasteiger partial charge in [-0.25, -0.2) is 4.99 Å². The average molecular weight is 516 g/mol. The first-order valence-corrected chi connectivity index (χ1v) is 10.2. The molecule has 0 aromatic heterocycles. The van der Waals surface area contributed by atoms with Crippen molar-refractivity contribution in [3.8, 4) is 0 Å². The van der Waals surface area contributed by atoms with Gasteiger partial charge in [0.2, 0.25) is 5.91 Å². The topological polar surface area (TPSA) is 66.0 Å². The zero-order chi connectivity index (χ0) is 20.6. The number of ether oxygens (including phenoxy) is 1. The van der Waals surface area contributed by atoms with Crippen LogP contribution in [0.5, 0.6) is 0 Å². The van der Waals surface area contributed by atoms with E-state index in [-0.39, 0.29) is 41.4 Å². The molecule has 1 saturated heterocycles. The van der Waals surface area contributed by atoms with Gasteiger partial charge in [0.25, 0.3) is 0 Å². The van der Waals surface area contributed by atoms with Gasteiger partial charge in [0.1, 0.15) is 0 Å². The lowest BCUT2D eigenvalue weighted by molar-refractivity contribution is -0.128. The molecule has 1 fully saturated rings. The minimum Gasteiger partial charge on any atom is -0.379 e. The number of halogens is 1. The van der Waals surface area contributed by atoms with Gasteiger partial charge in [0.05, 0.1) is 12.6 Å². The van der Waals surface area contributed by atoms with E-state index in [0.29, 0.717) is 26.1 Å². The van der Waals surface area contributed by atoms with E-state index >= 15 is 0 Å². The first kappa shape index (κ1) is 25.7. The maximum Gasteiger partial charge on any atom is 0.222 e. The van der Waals surface area contributed by atoms with Crippen molar-refractivity contribution < 1.29 is 9.53 Å². The van der Waals surface area contributed by atoms with Crippen LogP contribution < -0.4 is 10.6 Å². The number of carbonyl (C=O) groups is 1. The molecule has 1 heterocycles. The second kappa shape index (κ2) is 12.4. The van der Waals surface area contributed by atoms with Crippen molar-refractivity contribution in [2.75, 3.05) is 26.7 Å². The van der Waals surface area contributed by atoms with Gasteiger partial charge in [-0.3, -0.25) is 4.79 Å². The van der Waals surface area contributed by atoms with Gasteiger partial charge >= 0.3 is 0 Å². The first-order valence-electron chi connectivity index (χ1n) is 10.2. The van der Waals surface area contributed by atoms with Gasteiger partial charge in [0.15, 0.2) is 5.96 Å². The van der Waals surface area contributed by atoms with Crippen LogP contribution in [0.1, 0.15) is 51.7 Å². The molecule has 0 aliphatic carbocycles. The Kier molecular flexibility index (Phi) is 11.0. The molecule has 1 amide bonds. The Labute approximate surface area is 192 Å². The van der Waals surface area contributed by atoms with E-state index in [0.717, 1.165) is 36.6 Å². The number of guanidine groups is 1. The number of nitrogens with one attached hydrogen (secondary N) is 2. The number of methoxy groups -OCH3 is 1. The van der Waals surface area contributed by atoms with Crippen molar-refractivity contribution in [1.82, 2.24) is 15.5 Å². The second-order valence-corrected chi connectivity index (χ2v) is 8.41. The molecule has 2 N–H and O–H groups in total. The van der Waals surface area contributed by atoms with E-state index in [1.165, 1.54) is 0 Å². The third-order valence-corrected chi connectivity index (χ3v) is 5.01. The number of rotatable bonds is 8. The third-order valence-electron chi connectivity index (χ3n) is 5.01. The summed E-state index contributed by atoms with van der Waals surface area (Å²) >= 11 is 0. The van der Waals surface area contributed by atoms with Crippen molar-refractivity contribution in [1.29, 1.82) is 0 Å². The van der Waals surface area contributed by atoms with E-state index in [4.69, 9.17) is 9.73 Å². The molecular formula is C22H37IN4O2. The highest BCUT2D eigenvalue weighted by molar-refractivity contribution is 14.0. The summed E-state index contributed by atoms with van der Waals surface area (Å²) in [4.78, 5) is 18.5. The largest absolute Gasteiger partial charge is 0.379 e. The molecule has 2 rings (SSSR count). The summed E-state index contributed by atoms with van der Waals surface area (Å²) in [6.45, 7) is 12.2. The quantitative estimate of drug-likeness (QED) is 0.315. The van der Waals surface area contributed by atoms with E-state index in [9.17, 15) is 4.79 Å². The number of hydrogen-bond acceptors (Lipinski definition) is 3. The number of benzene rings is 1. The molecule has 1 aromatic rings. The van der Waals surface area contributed by atoms with E-state index in [1.54, 1.807) is 7.11 Å². The van der Waals surface area contributed by atoms with Gasteiger partial charge in [-0.2, -0.15) is 0 Å². The summed E-state index contributed by atoms with van der Waals surface area (Å²) in [5.74, 6) is 1.04. The maximum atomic E-state index is 11.8. The van der Waals surface area contributed by atoms with Gasteiger partial charge in [-0.15, -0.1) is 24.0 Å². The van der Waals surface area contributed by atoms with Crippen molar-refractivity contribution in [2.24, 2.45) is 10.4 Å². The predicted octanol–water partition coefficient (Wildman–Crippen LogP) is 3.54. The molecule has 164 valence electrons. The summed E-state index contributed by atoms with van der Waals surface area (Å²) in [6.07, 6.45) is 1.74. The summed E-state index contributed by atoms with van der Waals surface area (Å²) in [6, 6.07) is 8.34. The Morgan fingerprint density at radius 3 is 2.59 bits per heavy atom. The van der Waals surface area contributed by atoms with Gasteiger partial charge in [0, 0.05) is 39.7 Å². The number of amides is 1. The van der Waals surface area contributed by atoms with Gasteiger partial charge in [-0.05, 0) is 29.9 Å². The minimum absolute atomic E-state index is 0. The molecule has 1 aliphatic rings. The van der Waals surface area contributed by atoms with Crippen LogP contribution in [0.25, 0.3) is 0 Å². The SMILES string of the molecule is CCNC(=NCc1cccc(CN2CCCC2=O)c1)NCC(OC)C(C)(C)C.I. The van der Waals surface area contributed by atoms with Crippen LogP contribution in [0.2, 0.25) is 0 Å². The fraction of sp³-hybridized carbons (Fsp3) is 0.636. The standard InChI is InChI=1S/C22H36N4O2.HI/c1-6-23-21(25-15-19(28-5)22(2,3)4)24-14-17-9-7-10-18(13-17)16-26-12-8-11-20(26)27;/h7,9-10,13,19H,6,8,11-12,14-16H2,1-5H3,(H2,23,24,25);1H. The number of carbonyl (C=O) groups excluding carboxylic acids is 1. The van der Waals surface area contributed by atoms with E-state index in [2.05, 4.69) is 56.5 Å². The molecule has 1 aliphatic heterocycles. The number of aliphatic imine (C=N–C) groups is 1. The first-order chi connectivity index (χ1) is 13.3.